The van der Waals surface area contributed by atoms with Gasteiger partial charge in [0.2, 0.25) is 0 Å². The molecule has 1 atom stereocenters. The summed E-state index contributed by atoms with van der Waals surface area (Å²) in [5.41, 5.74) is 2.74. The van der Waals surface area contributed by atoms with Gasteiger partial charge in [0, 0.05) is 6.54 Å². The van der Waals surface area contributed by atoms with Crippen molar-refractivity contribution in [2.45, 2.75) is 12.5 Å². The predicted octanol–water partition coefficient (Wildman–Crippen LogP) is -0.0996. The third kappa shape index (κ3) is 2.62. The Kier molecular flexibility index (Phi) is 3.67. The first-order valence-electron chi connectivity index (χ1n) is 3.38. The Morgan fingerprint density at radius 2 is 2.60 bits per heavy atom. The van der Waals surface area contributed by atoms with Gasteiger partial charge in [-0.3, -0.25) is 0 Å². The van der Waals surface area contributed by atoms with Crippen LogP contribution >= 0.6 is 0 Å². The minimum absolute atomic E-state index is 0.244. The number of ether oxygens (including phenoxy) is 2. The summed E-state index contributed by atoms with van der Waals surface area (Å²) in [5.74, 6) is 0. The molecule has 4 nitrogen and oxygen atoms in total. The minimum Gasteiger partial charge on any atom is -0.355 e. The van der Waals surface area contributed by atoms with E-state index >= 15 is 0 Å². The molecule has 1 unspecified atom stereocenters. The second-order valence-corrected chi connectivity index (χ2v) is 2.16. The maximum Gasteiger partial charge on any atom is 0.147 e. The quantitative estimate of drug-likeness (QED) is 0.566. The smallest absolute Gasteiger partial charge is 0.147 e. The van der Waals surface area contributed by atoms with Crippen LogP contribution in [-0.4, -0.2) is 33.2 Å². The van der Waals surface area contributed by atoms with E-state index in [9.17, 15) is 0 Å². The molecule has 0 saturated carbocycles. The van der Waals surface area contributed by atoms with Crippen LogP contribution < -0.4 is 5.48 Å². The van der Waals surface area contributed by atoms with Crippen molar-refractivity contribution in [3.05, 3.63) is 0 Å². The fraction of sp³-hybridized carbons (Fsp3) is 1.00. The minimum atomic E-state index is 0.244. The van der Waals surface area contributed by atoms with E-state index in [2.05, 4.69) is 10.3 Å². The summed E-state index contributed by atoms with van der Waals surface area (Å²) in [5, 5.41) is 0. The molecule has 0 aliphatic carbocycles. The Morgan fingerprint density at radius 3 is 3.20 bits per heavy atom. The van der Waals surface area contributed by atoms with Gasteiger partial charge in [-0.15, -0.1) is 0 Å². The highest BCUT2D eigenvalue weighted by atomic mass is 16.7. The largest absolute Gasteiger partial charge is 0.355 e. The summed E-state index contributed by atoms with van der Waals surface area (Å²) >= 11 is 0. The first kappa shape index (κ1) is 7.94. The van der Waals surface area contributed by atoms with Crippen molar-refractivity contribution < 1.29 is 14.3 Å². The lowest BCUT2D eigenvalue weighted by Gasteiger charge is -2.22. The summed E-state index contributed by atoms with van der Waals surface area (Å²) in [6.45, 7) is 1.94. The Labute approximate surface area is 60.4 Å². The van der Waals surface area contributed by atoms with E-state index in [4.69, 9.17) is 9.47 Å². The summed E-state index contributed by atoms with van der Waals surface area (Å²) in [6.07, 6.45) is 1.18. The first-order valence-corrected chi connectivity index (χ1v) is 3.38. The van der Waals surface area contributed by atoms with E-state index in [0.717, 1.165) is 19.6 Å². The molecule has 1 fully saturated rings. The normalized spacial score (nSPS) is 26.7. The third-order valence-corrected chi connectivity index (χ3v) is 1.43. The molecule has 0 aromatic heterocycles. The van der Waals surface area contributed by atoms with Gasteiger partial charge in [-0.1, -0.05) is 0 Å². The molecule has 1 aliphatic rings. The van der Waals surface area contributed by atoms with Crippen LogP contribution in [0.1, 0.15) is 6.42 Å². The second kappa shape index (κ2) is 4.62. The Balaban J connectivity index is 2.02. The molecule has 60 valence electrons. The van der Waals surface area contributed by atoms with Gasteiger partial charge in [-0.05, 0) is 6.42 Å². The van der Waals surface area contributed by atoms with Crippen molar-refractivity contribution in [3.63, 3.8) is 0 Å². The zero-order valence-electron chi connectivity index (χ0n) is 6.13. The Morgan fingerprint density at radius 1 is 1.70 bits per heavy atom. The highest BCUT2D eigenvalue weighted by molar-refractivity contribution is 4.59. The summed E-state index contributed by atoms with van der Waals surface area (Å²) in [4.78, 5) is 4.67. The van der Waals surface area contributed by atoms with Crippen LogP contribution in [0.5, 0.6) is 0 Å². The lowest BCUT2D eigenvalue weighted by molar-refractivity contribution is -0.144. The molecular formula is C6H13NO3. The van der Waals surface area contributed by atoms with Gasteiger partial charge >= 0.3 is 0 Å². The van der Waals surface area contributed by atoms with Gasteiger partial charge in [0.25, 0.3) is 0 Å². The van der Waals surface area contributed by atoms with Crippen LogP contribution in [0, 0.1) is 0 Å². The molecule has 1 heterocycles. The van der Waals surface area contributed by atoms with Crippen LogP contribution in [-0.2, 0) is 14.3 Å². The molecule has 0 bridgehead atoms. The van der Waals surface area contributed by atoms with Gasteiger partial charge in [-0.25, -0.2) is 5.48 Å². The van der Waals surface area contributed by atoms with Gasteiger partial charge in [-0.2, -0.15) is 0 Å². The molecule has 0 aromatic rings. The van der Waals surface area contributed by atoms with E-state index < -0.39 is 0 Å². The van der Waals surface area contributed by atoms with Crippen molar-refractivity contribution >= 4 is 0 Å². The first-order chi connectivity index (χ1) is 4.93. The van der Waals surface area contributed by atoms with E-state index in [1.54, 1.807) is 7.11 Å². The van der Waals surface area contributed by atoms with Crippen molar-refractivity contribution in [2.75, 3.05) is 27.1 Å². The molecule has 4 heteroatoms. The van der Waals surface area contributed by atoms with E-state index in [-0.39, 0.29) is 6.10 Å². The van der Waals surface area contributed by atoms with Crippen LogP contribution in [0.3, 0.4) is 0 Å². The molecule has 0 amide bonds. The maximum absolute atomic E-state index is 5.22. The predicted molar refractivity (Wildman–Crippen MR) is 35.3 cm³/mol. The van der Waals surface area contributed by atoms with Gasteiger partial charge < -0.3 is 14.3 Å². The summed E-state index contributed by atoms with van der Waals surface area (Å²) in [7, 11) is 1.60. The summed E-state index contributed by atoms with van der Waals surface area (Å²) < 4.78 is 10.2. The van der Waals surface area contributed by atoms with Gasteiger partial charge in [0.15, 0.2) is 0 Å². The lowest BCUT2D eigenvalue weighted by atomic mass is 10.2. The lowest BCUT2D eigenvalue weighted by Crippen LogP contribution is -2.33. The van der Waals surface area contributed by atoms with Gasteiger partial charge in [0.1, 0.15) is 6.79 Å². The molecule has 0 spiro atoms. The highest BCUT2D eigenvalue weighted by Crippen LogP contribution is 2.03. The average molecular weight is 147 g/mol. The van der Waals surface area contributed by atoms with Crippen molar-refractivity contribution in [2.24, 2.45) is 0 Å². The topological polar surface area (TPSA) is 39.7 Å². The fourth-order valence-electron chi connectivity index (χ4n) is 0.839. The monoisotopic (exact) mass is 147 g/mol. The number of rotatable bonds is 3. The standard InChI is InChI=1S/C6H13NO3/c1-8-7-4-6-2-3-9-5-10-6/h6-7H,2-5H2,1H3. The van der Waals surface area contributed by atoms with Crippen LogP contribution in [0.2, 0.25) is 0 Å². The fourth-order valence-corrected chi connectivity index (χ4v) is 0.839. The van der Waals surface area contributed by atoms with Crippen LogP contribution in [0.25, 0.3) is 0 Å². The van der Waals surface area contributed by atoms with E-state index in [0.29, 0.717) is 6.79 Å². The van der Waals surface area contributed by atoms with E-state index in [1.807, 2.05) is 0 Å². The van der Waals surface area contributed by atoms with Crippen molar-refractivity contribution in [1.82, 2.24) is 5.48 Å². The molecule has 0 radical (unpaired) electrons. The van der Waals surface area contributed by atoms with E-state index in [1.165, 1.54) is 0 Å². The Bertz CT molecular complexity index is 83.1. The zero-order valence-corrected chi connectivity index (χ0v) is 6.13. The average Bonchev–Trinajstić information content (AvgIpc) is 2.03. The molecule has 10 heavy (non-hydrogen) atoms. The molecular weight excluding hydrogens is 134 g/mol. The number of hydrogen-bond acceptors (Lipinski definition) is 4. The second-order valence-electron chi connectivity index (χ2n) is 2.16. The maximum atomic E-state index is 5.22. The molecule has 1 N–H and O–H groups in total. The third-order valence-electron chi connectivity index (χ3n) is 1.43. The number of hydrogen-bond donors (Lipinski definition) is 1. The molecule has 1 rings (SSSR count). The summed E-state index contributed by atoms with van der Waals surface area (Å²) in [6, 6.07) is 0. The van der Waals surface area contributed by atoms with Crippen molar-refractivity contribution in [1.29, 1.82) is 0 Å². The Hall–Kier alpha value is -0.160. The SMILES string of the molecule is CONCC1CCOCO1. The van der Waals surface area contributed by atoms with Crippen LogP contribution in [0.4, 0.5) is 0 Å². The van der Waals surface area contributed by atoms with Crippen LogP contribution in [0.15, 0.2) is 0 Å². The number of nitrogens with one attached hydrogen (secondary N) is 1. The number of hydroxylamine groups is 1. The molecule has 1 aliphatic heterocycles. The molecule has 1 saturated heterocycles. The van der Waals surface area contributed by atoms with Crippen molar-refractivity contribution in [3.8, 4) is 0 Å². The molecule has 0 aromatic carbocycles. The highest BCUT2D eigenvalue weighted by Gasteiger charge is 2.12. The zero-order chi connectivity index (χ0) is 7.23. The van der Waals surface area contributed by atoms with Gasteiger partial charge in [0.05, 0.1) is 19.8 Å².